The highest BCUT2D eigenvalue weighted by Gasteiger charge is 2.21. The fourth-order valence-electron chi connectivity index (χ4n) is 1.59. The number of piperidine rings is 1. The fourth-order valence-corrected chi connectivity index (χ4v) is 1.59. The van der Waals surface area contributed by atoms with Gasteiger partial charge in [-0.1, -0.05) is 0 Å². The zero-order valence-corrected chi connectivity index (χ0v) is 8.27. The molecule has 0 spiro atoms. The molecule has 1 saturated heterocycles. The summed E-state index contributed by atoms with van der Waals surface area (Å²) in [5.41, 5.74) is 5.27. The number of hydrogen-bond donors (Lipinski definition) is 1. The van der Waals surface area contributed by atoms with E-state index in [0.717, 1.165) is 19.4 Å². The van der Waals surface area contributed by atoms with Crippen LogP contribution in [-0.4, -0.2) is 29.9 Å². The third-order valence-electron chi connectivity index (χ3n) is 2.30. The fraction of sp³-hybridized carbons (Fsp3) is 0.875. The first kappa shape index (κ1) is 11.7. The van der Waals surface area contributed by atoms with Crippen molar-refractivity contribution in [3.05, 3.63) is 0 Å². The van der Waals surface area contributed by atoms with Crippen LogP contribution in [-0.2, 0) is 4.79 Å². The molecule has 2 N–H and O–H groups in total. The smallest absolute Gasteiger partial charge is 0.236 e. The van der Waals surface area contributed by atoms with Crippen molar-refractivity contribution >= 4 is 18.3 Å². The molecule has 1 aliphatic rings. The van der Waals surface area contributed by atoms with E-state index in [9.17, 15) is 4.79 Å². The van der Waals surface area contributed by atoms with Gasteiger partial charge in [-0.15, -0.1) is 12.4 Å². The molecule has 1 amide bonds. The molecule has 0 aromatic carbocycles. The van der Waals surface area contributed by atoms with Crippen LogP contribution in [0.15, 0.2) is 0 Å². The highest BCUT2D eigenvalue weighted by molar-refractivity contribution is 5.85. The summed E-state index contributed by atoms with van der Waals surface area (Å²) in [7, 11) is 0. The van der Waals surface area contributed by atoms with Crippen LogP contribution in [0.25, 0.3) is 0 Å². The normalized spacial score (nSPS) is 23.2. The van der Waals surface area contributed by atoms with Crippen molar-refractivity contribution in [2.75, 3.05) is 13.1 Å². The van der Waals surface area contributed by atoms with Gasteiger partial charge in [-0.05, 0) is 26.2 Å². The summed E-state index contributed by atoms with van der Waals surface area (Å²) in [6, 6.07) is 0.403. The molecule has 3 nitrogen and oxygen atoms in total. The van der Waals surface area contributed by atoms with Crippen LogP contribution < -0.4 is 5.73 Å². The second-order valence-corrected chi connectivity index (χ2v) is 3.14. The SMILES string of the molecule is CC1CCCCN1C(=O)CN.Cl. The third-order valence-corrected chi connectivity index (χ3v) is 2.30. The Kier molecular flexibility index (Phi) is 5.25. The number of hydrogen-bond acceptors (Lipinski definition) is 2. The predicted molar refractivity (Wildman–Crippen MR) is 51.3 cm³/mol. The van der Waals surface area contributed by atoms with Gasteiger partial charge >= 0.3 is 0 Å². The zero-order valence-electron chi connectivity index (χ0n) is 7.45. The van der Waals surface area contributed by atoms with Crippen molar-refractivity contribution in [3.8, 4) is 0 Å². The summed E-state index contributed by atoms with van der Waals surface area (Å²) in [6.45, 7) is 3.15. The molecule has 1 fully saturated rings. The van der Waals surface area contributed by atoms with Crippen LogP contribution in [0.3, 0.4) is 0 Å². The van der Waals surface area contributed by atoms with Crippen molar-refractivity contribution in [1.29, 1.82) is 0 Å². The maximum atomic E-state index is 11.2. The van der Waals surface area contributed by atoms with E-state index in [1.807, 2.05) is 4.90 Å². The maximum absolute atomic E-state index is 11.2. The lowest BCUT2D eigenvalue weighted by atomic mass is 10.0. The van der Waals surface area contributed by atoms with Gasteiger partial charge in [0, 0.05) is 12.6 Å². The van der Waals surface area contributed by atoms with E-state index in [1.165, 1.54) is 6.42 Å². The largest absolute Gasteiger partial charge is 0.339 e. The van der Waals surface area contributed by atoms with Gasteiger partial charge in [0.05, 0.1) is 6.54 Å². The van der Waals surface area contributed by atoms with Crippen molar-refractivity contribution in [1.82, 2.24) is 4.90 Å². The molecular weight excluding hydrogens is 176 g/mol. The quantitative estimate of drug-likeness (QED) is 0.667. The minimum absolute atomic E-state index is 0. The summed E-state index contributed by atoms with van der Waals surface area (Å²) >= 11 is 0. The van der Waals surface area contributed by atoms with Crippen molar-refractivity contribution in [2.24, 2.45) is 5.73 Å². The average molecular weight is 193 g/mol. The zero-order chi connectivity index (χ0) is 8.27. The van der Waals surface area contributed by atoms with Crippen molar-refractivity contribution in [3.63, 3.8) is 0 Å². The Morgan fingerprint density at radius 1 is 1.58 bits per heavy atom. The molecule has 0 aromatic heterocycles. The standard InChI is InChI=1S/C8H16N2O.ClH/c1-7-4-2-3-5-10(7)8(11)6-9;/h7H,2-6,9H2,1H3;1H. The lowest BCUT2D eigenvalue weighted by Gasteiger charge is -2.33. The number of nitrogens with two attached hydrogens (primary N) is 1. The number of rotatable bonds is 1. The molecule has 1 rings (SSSR count). The molecule has 72 valence electrons. The summed E-state index contributed by atoms with van der Waals surface area (Å²) in [5, 5.41) is 0. The predicted octanol–water partition coefficient (Wildman–Crippen LogP) is 0.768. The first-order valence-corrected chi connectivity index (χ1v) is 4.25. The van der Waals surface area contributed by atoms with Crippen LogP contribution in [0.1, 0.15) is 26.2 Å². The molecular formula is C8H17ClN2O. The van der Waals surface area contributed by atoms with E-state index >= 15 is 0 Å². The second-order valence-electron chi connectivity index (χ2n) is 3.14. The van der Waals surface area contributed by atoms with Gasteiger partial charge in [-0.3, -0.25) is 4.79 Å². The topological polar surface area (TPSA) is 46.3 Å². The average Bonchev–Trinajstić information content (AvgIpc) is 2.04. The van der Waals surface area contributed by atoms with E-state index < -0.39 is 0 Å². The molecule has 0 aromatic rings. The molecule has 1 atom stereocenters. The van der Waals surface area contributed by atoms with Crippen LogP contribution in [0.4, 0.5) is 0 Å². The monoisotopic (exact) mass is 192 g/mol. The van der Waals surface area contributed by atoms with Gasteiger partial charge < -0.3 is 10.6 Å². The van der Waals surface area contributed by atoms with Gasteiger partial charge in [0.25, 0.3) is 0 Å². The first-order chi connectivity index (χ1) is 5.25. The molecule has 1 heterocycles. The highest BCUT2D eigenvalue weighted by Crippen LogP contribution is 2.15. The van der Waals surface area contributed by atoms with Crippen molar-refractivity contribution < 1.29 is 4.79 Å². The minimum atomic E-state index is 0. The molecule has 4 heteroatoms. The number of nitrogens with zero attached hydrogens (tertiary/aromatic N) is 1. The second kappa shape index (κ2) is 5.38. The maximum Gasteiger partial charge on any atom is 0.236 e. The summed E-state index contributed by atoms with van der Waals surface area (Å²) in [6.07, 6.45) is 3.51. The van der Waals surface area contributed by atoms with Crippen LogP contribution in [0.5, 0.6) is 0 Å². The molecule has 1 unspecified atom stereocenters. The van der Waals surface area contributed by atoms with Gasteiger partial charge in [0.1, 0.15) is 0 Å². The van der Waals surface area contributed by atoms with Gasteiger partial charge in [0.15, 0.2) is 0 Å². The van der Waals surface area contributed by atoms with Crippen molar-refractivity contribution in [2.45, 2.75) is 32.2 Å². The number of likely N-dealkylation sites (tertiary alicyclic amines) is 1. The number of halogens is 1. The number of carbonyl (C=O) groups excluding carboxylic acids is 1. The lowest BCUT2D eigenvalue weighted by Crippen LogP contribution is -2.44. The van der Waals surface area contributed by atoms with Crippen LogP contribution in [0, 0.1) is 0 Å². The Hall–Kier alpha value is -0.280. The molecule has 1 aliphatic heterocycles. The first-order valence-electron chi connectivity index (χ1n) is 4.25. The van der Waals surface area contributed by atoms with E-state index in [4.69, 9.17) is 5.73 Å². The summed E-state index contributed by atoms with van der Waals surface area (Å²) < 4.78 is 0. The third kappa shape index (κ3) is 2.64. The Morgan fingerprint density at radius 3 is 2.75 bits per heavy atom. The minimum Gasteiger partial charge on any atom is -0.339 e. The van der Waals surface area contributed by atoms with Gasteiger partial charge in [0.2, 0.25) is 5.91 Å². The molecule has 0 aliphatic carbocycles. The molecule has 12 heavy (non-hydrogen) atoms. The van der Waals surface area contributed by atoms with E-state index in [1.54, 1.807) is 0 Å². The highest BCUT2D eigenvalue weighted by atomic mass is 35.5. The number of amides is 1. The Morgan fingerprint density at radius 2 is 2.25 bits per heavy atom. The summed E-state index contributed by atoms with van der Waals surface area (Å²) in [4.78, 5) is 13.1. The van der Waals surface area contributed by atoms with E-state index in [-0.39, 0.29) is 24.9 Å². The van der Waals surface area contributed by atoms with E-state index in [2.05, 4.69) is 6.92 Å². The Bertz CT molecular complexity index is 152. The lowest BCUT2D eigenvalue weighted by molar-refractivity contribution is -0.132. The van der Waals surface area contributed by atoms with Gasteiger partial charge in [-0.25, -0.2) is 0 Å². The molecule has 0 saturated carbocycles. The number of carbonyl (C=O) groups is 1. The van der Waals surface area contributed by atoms with E-state index in [0.29, 0.717) is 6.04 Å². The molecule has 0 bridgehead atoms. The van der Waals surface area contributed by atoms with Crippen LogP contribution in [0.2, 0.25) is 0 Å². The summed E-state index contributed by atoms with van der Waals surface area (Å²) in [5.74, 6) is 0.0946. The van der Waals surface area contributed by atoms with Gasteiger partial charge in [-0.2, -0.15) is 0 Å². The Balaban J connectivity index is 0.00000121. The van der Waals surface area contributed by atoms with Crippen LogP contribution >= 0.6 is 12.4 Å². The molecule has 0 radical (unpaired) electrons. The Labute approximate surface area is 79.7 Å².